The van der Waals surface area contributed by atoms with Crippen LogP contribution in [0.2, 0.25) is 0 Å². The monoisotopic (exact) mass is 1330 g/mol. The number of ether oxygens (including phenoxy) is 2. The summed E-state index contributed by atoms with van der Waals surface area (Å²) in [5.74, 6) is -10.1. The zero-order chi connectivity index (χ0) is 71.9. The van der Waals surface area contributed by atoms with Crippen LogP contribution in [0, 0.1) is 35.5 Å². The molecule has 0 aromatic carbocycles. The van der Waals surface area contributed by atoms with Gasteiger partial charge in [-0.25, -0.2) is 0 Å². The van der Waals surface area contributed by atoms with Crippen LogP contribution in [0.15, 0.2) is 24.3 Å². The highest BCUT2D eigenvalue weighted by atomic mass is 16.5. The molecule has 13 atom stereocenters. The number of likely N-dealkylation sites (N-methyl/N-ethyl adjacent to an activating group) is 7. The van der Waals surface area contributed by atoms with E-state index in [0.29, 0.717) is 26.2 Å². The van der Waals surface area contributed by atoms with Gasteiger partial charge in [0, 0.05) is 69.0 Å². The molecule has 0 bridgehead atoms. The van der Waals surface area contributed by atoms with Crippen LogP contribution < -0.4 is 21.3 Å². The quantitative estimate of drug-likeness (QED) is 0.116. The molecule has 26 nitrogen and oxygen atoms in total. The number of hydrogen-bond acceptors (Lipinski definition) is 15. The van der Waals surface area contributed by atoms with Gasteiger partial charge in [0.1, 0.15) is 60.4 Å². The summed E-state index contributed by atoms with van der Waals surface area (Å²) in [5, 5.41) is 23.2. The standard InChI is InChI=1S/C68H120N12O14/c1-24-26-29-45(13)58(82)57-62(86)71-49(25-2)64(88)73(17)39-53(81)77(21)56(48(16)94-33-28-27-30-80-31-34-93-35-32-80)61(85)72-54(43(9)10)67(91)74(18)50(36-40(3)4)60(84)69-46(14)59(83)70-47(15)63(87)75(19)51(37-41(5)6)65(89)76(20)52(38-42(7)8)66(90)78(22)55(44(11)12)68(92)79(57)23/h24,26-28,40-52,54-58,82H,25,29-39H2,1-23H3,(H,69,84)(H,70,83)(H,71,86)(H,72,85)/b26-24+,28-27+/t45-,46+,47-,48-,49+,50-,51+,52+,54+,55+,56+,57-,58-/m1/s1. The highest BCUT2D eigenvalue weighted by Gasteiger charge is 2.46. The highest BCUT2D eigenvalue weighted by Crippen LogP contribution is 2.26. The minimum atomic E-state index is -1.64. The molecule has 5 N–H and O–H groups in total. The van der Waals surface area contributed by atoms with Crippen molar-refractivity contribution < 1.29 is 67.3 Å². The number of rotatable bonds is 19. The second kappa shape index (κ2) is 39.5. The van der Waals surface area contributed by atoms with E-state index in [4.69, 9.17) is 9.47 Å². The summed E-state index contributed by atoms with van der Waals surface area (Å²) in [4.78, 5) is 173. The molecular weight excluding hydrogens is 1210 g/mol. The van der Waals surface area contributed by atoms with Crippen molar-refractivity contribution in [3.63, 3.8) is 0 Å². The first-order chi connectivity index (χ1) is 43.8. The molecule has 0 aromatic heterocycles. The molecule has 0 unspecified atom stereocenters. The first kappa shape index (κ1) is 83.6. The van der Waals surface area contributed by atoms with E-state index in [1.54, 1.807) is 73.6 Å². The van der Waals surface area contributed by atoms with Gasteiger partial charge in [0.2, 0.25) is 65.0 Å². The highest BCUT2D eigenvalue weighted by molar-refractivity contribution is 5.99. The molecule has 0 spiro atoms. The van der Waals surface area contributed by atoms with Gasteiger partial charge in [-0.3, -0.25) is 57.6 Å². The molecule has 2 aliphatic heterocycles. The number of amides is 11. The van der Waals surface area contributed by atoms with Crippen molar-refractivity contribution in [2.45, 2.75) is 216 Å². The van der Waals surface area contributed by atoms with Crippen LogP contribution in [0.5, 0.6) is 0 Å². The van der Waals surface area contributed by atoms with Gasteiger partial charge < -0.3 is 70.1 Å². The second-order valence-electron chi connectivity index (χ2n) is 27.8. The molecule has 0 aliphatic carbocycles. The average Bonchev–Trinajstić information content (AvgIpc) is 0.810. The van der Waals surface area contributed by atoms with Gasteiger partial charge in [0.15, 0.2) is 0 Å². The number of aliphatic hydroxyl groups excluding tert-OH is 1. The Bertz CT molecular complexity index is 2590. The van der Waals surface area contributed by atoms with E-state index < -0.39 is 162 Å². The van der Waals surface area contributed by atoms with Gasteiger partial charge in [-0.1, -0.05) is 107 Å². The number of nitrogens with zero attached hydrogens (tertiary/aromatic N) is 8. The predicted octanol–water partition coefficient (Wildman–Crippen LogP) is 2.52. The van der Waals surface area contributed by atoms with Gasteiger partial charge in [0.25, 0.3) is 0 Å². The van der Waals surface area contributed by atoms with Crippen LogP contribution in [-0.4, -0.2) is 277 Å². The van der Waals surface area contributed by atoms with Crippen molar-refractivity contribution in [3.05, 3.63) is 24.3 Å². The largest absolute Gasteiger partial charge is 0.390 e. The Morgan fingerprint density at radius 2 is 1.01 bits per heavy atom. The van der Waals surface area contributed by atoms with Crippen LogP contribution in [0.3, 0.4) is 0 Å². The zero-order valence-corrected chi connectivity index (χ0v) is 61.0. The number of nitrogens with one attached hydrogen (secondary N) is 4. The van der Waals surface area contributed by atoms with Gasteiger partial charge in [-0.05, 0) is 95.3 Å². The van der Waals surface area contributed by atoms with E-state index in [0.717, 1.165) is 27.8 Å². The van der Waals surface area contributed by atoms with E-state index in [9.17, 15) is 43.5 Å². The summed E-state index contributed by atoms with van der Waals surface area (Å²) >= 11 is 0. The van der Waals surface area contributed by atoms with Crippen molar-refractivity contribution in [3.8, 4) is 0 Å². The molecule has 2 aliphatic rings. The van der Waals surface area contributed by atoms with E-state index in [2.05, 4.69) is 26.2 Å². The SMILES string of the molecule is C/C=C/C[C@@H](C)[C@@H](O)[C@@H]1C(=O)N[C@@H](CC)C(=O)N(C)CC(=O)N(C)[C@@H]([C@@H](C)OC/C=C/CN2CCOCC2)C(=O)N[C@@H](C(C)C)C(=O)N(C)[C@H](CC(C)C)C(=O)N[C@@H](C)C(=O)N[C@H](C)C(=O)N(C)[C@@H](CC(C)C)C(=O)N(C)[C@@H](CC(C)C)C(=O)N(C)[C@@H](C(C)C)C(=O)N1C. The molecule has 2 fully saturated rings. The number of allylic oxidation sites excluding steroid dienone is 2. The Labute approximate surface area is 561 Å². The normalized spacial score (nSPS) is 27.0. The lowest BCUT2D eigenvalue weighted by atomic mass is 9.91. The molecule has 2 saturated heterocycles. The minimum Gasteiger partial charge on any atom is -0.390 e. The number of carbonyl (C=O) groups is 11. The Kier molecular flexibility index (Phi) is 35.1. The summed E-state index contributed by atoms with van der Waals surface area (Å²) in [6.45, 7) is 30.4. The first-order valence-corrected chi connectivity index (χ1v) is 33.7. The van der Waals surface area contributed by atoms with E-state index in [-0.39, 0.29) is 50.0 Å². The minimum absolute atomic E-state index is 0.00830. The van der Waals surface area contributed by atoms with Crippen LogP contribution in [-0.2, 0) is 62.2 Å². The number of carbonyl (C=O) groups excluding carboxylic acids is 11. The Balaban J connectivity index is 2.99. The maximum atomic E-state index is 15.2. The zero-order valence-electron chi connectivity index (χ0n) is 61.0. The fourth-order valence-corrected chi connectivity index (χ4v) is 11.8. The summed E-state index contributed by atoms with van der Waals surface area (Å²) in [6, 6.07) is -12.9. The van der Waals surface area contributed by atoms with Crippen molar-refractivity contribution in [2.75, 3.05) is 95.3 Å². The summed E-state index contributed by atoms with van der Waals surface area (Å²) in [5.41, 5.74) is 0. The van der Waals surface area contributed by atoms with E-state index in [1.165, 1.54) is 82.8 Å². The molecule has 536 valence electrons. The topological polar surface area (TPSA) is 300 Å². The van der Waals surface area contributed by atoms with Gasteiger partial charge in [-0.15, -0.1) is 0 Å². The molecular formula is C68H120N12O14. The first-order valence-electron chi connectivity index (χ1n) is 33.7. The van der Waals surface area contributed by atoms with Crippen molar-refractivity contribution in [1.29, 1.82) is 0 Å². The lowest BCUT2D eigenvalue weighted by Crippen LogP contribution is -2.63. The molecule has 26 heteroatoms. The lowest BCUT2D eigenvalue weighted by molar-refractivity contribution is -0.157. The fourth-order valence-electron chi connectivity index (χ4n) is 11.8. The maximum absolute atomic E-state index is 15.2. The smallest absolute Gasteiger partial charge is 0.246 e. The third-order valence-corrected chi connectivity index (χ3v) is 17.8. The molecule has 0 radical (unpaired) electrons. The second-order valence-corrected chi connectivity index (χ2v) is 27.8. The molecule has 2 rings (SSSR count). The van der Waals surface area contributed by atoms with E-state index >= 15 is 14.4 Å². The van der Waals surface area contributed by atoms with Crippen molar-refractivity contribution >= 4 is 65.0 Å². The molecule has 0 aromatic rings. The van der Waals surface area contributed by atoms with Crippen LogP contribution in [0.1, 0.15) is 143 Å². The fraction of sp³-hybridized carbons (Fsp3) is 0.779. The number of morpholine rings is 1. The lowest BCUT2D eigenvalue weighted by Gasteiger charge is -2.41. The van der Waals surface area contributed by atoms with E-state index in [1.807, 2.05) is 47.6 Å². The number of hydrogen-bond donors (Lipinski definition) is 5. The average molecular weight is 1330 g/mol. The van der Waals surface area contributed by atoms with Crippen LogP contribution >= 0.6 is 0 Å². The molecule has 2 heterocycles. The van der Waals surface area contributed by atoms with Gasteiger partial charge in [-0.2, -0.15) is 0 Å². The van der Waals surface area contributed by atoms with Gasteiger partial charge >= 0.3 is 0 Å². The number of aliphatic hydroxyl groups is 1. The molecule has 94 heavy (non-hydrogen) atoms. The maximum Gasteiger partial charge on any atom is 0.246 e. The van der Waals surface area contributed by atoms with Crippen molar-refractivity contribution in [2.24, 2.45) is 35.5 Å². The molecule has 0 saturated carbocycles. The summed E-state index contributed by atoms with van der Waals surface area (Å²) < 4.78 is 11.7. The summed E-state index contributed by atoms with van der Waals surface area (Å²) in [6.07, 6.45) is 5.45. The van der Waals surface area contributed by atoms with Crippen LogP contribution in [0.4, 0.5) is 0 Å². The Hall–Kier alpha value is -6.51. The van der Waals surface area contributed by atoms with Gasteiger partial charge in [0.05, 0.1) is 38.6 Å². The summed E-state index contributed by atoms with van der Waals surface area (Å²) in [7, 11) is 9.82. The third-order valence-electron chi connectivity index (χ3n) is 17.8. The Morgan fingerprint density at radius 3 is 1.52 bits per heavy atom. The van der Waals surface area contributed by atoms with Crippen molar-refractivity contribution in [1.82, 2.24) is 60.5 Å². The Morgan fingerprint density at radius 1 is 0.521 bits per heavy atom. The van der Waals surface area contributed by atoms with Crippen LogP contribution in [0.25, 0.3) is 0 Å². The predicted molar refractivity (Wildman–Crippen MR) is 361 cm³/mol. The third kappa shape index (κ3) is 24.0. The molecule has 11 amide bonds.